The van der Waals surface area contributed by atoms with E-state index in [0.29, 0.717) is 23.6 Å². The molecule has 0 aliphatic heterocycles. The Morgan fingerprint density at radius 3 is 2.82 bits per heavy atom. The van der Waals surface area contributed by atoms with Gasteiger partial charge in [0.25, 0.3) is 0 Å². The molecule has 3 nitrogen and oxygen atoms in total. The van der Waals surface area contributed by atoms with Crippen LogP contribution >= 0.6 is 23.2 Å². The summed E-state index contributed by atoms with van der Waals surface area (Å²) in [4.78, 5) is 3.79. The van der Waals surface area contributed by atoms with E-state index in [-0.39, 0.29) is 0 Å². The van der Waals surface area contributed by atoms with Gasteiger partial charge in [-0.15, -0.1) is 0 Å². The van der Waals surface area contributed by atoms with Crippen LogP contribution in [-0.2, 0) is 11.5 Å². The second-order valence-corrected chi connectivity index (χ2v) is 2.63. The zero-order valence-electron chi connectivity index (χ0n) is 6.05. The second-order valence-electron chi connectivity index (χ2n) is 1.92. The molecule has 0 N–H and O–H groups in total. The van der Waals surface area contributed by atoms with Gasteiger partial charge < -0.3 is 4.74 Å². The van der Waals surface area contributed by atoms with E-state index in [1.165, 1.54) is 0 Å². The van der Waals surface area contributed by atoms with Crippen LogP contribution in [0.1, 0.15) is 6.92 Å². The van der Waals surface area contributed by atoms with Crippen molar-refractivity contribution in [1.82, 2.24) is 9.55 Å². The molecule has 0 atom stereocenters. The van der Waals surface area contributed by atoms with E-state index < -0.39 is 0 Å². The van der Waals surface area contributed by atoms with E-state index >= 15 is 0 Å². The van der Waals surface area contributed by atoms with Gasteiger partial charge in [-0.05, 0) is 6.92 Å². The van der Waals surface area contributed by atoms with Crippen LogP contribution in [0, 0.1) is 0 Å². The summed E-state index contributed by atoms with van der Waals surface area (Å²) in [5, 5.41) is 0.728. The van der Waals surface area contributed by atoms with E-state index in [1.54, 1.807) is 10.9 Å². The Balaban J connectivity index is 2.63. The molecule has 0 saturated heterocycles. The van der Waals surface area contributed by atoms with Gasteiger partial charge >= 0.3 is 0 Å². The molecule has 0 saturated carbocycles. The molecular formula is C6H8Cl2N2O. The Morgan fingerprint density at radius 2 is 2.36 bits per heavy atom. The minimum absolute atomic E-state index is 0.311. The van der Waals surface area contributed by atoms with Gasteiger partial charge in [0, 0.05) is 6.61 Å². The van der Waals surface area contributed by atoms with Crippen molar-refractivity contribution in [3.63, 3.8) is 0 Å². The molecule has 0 amide bonds. The van der Waals surface area contributed by atoms with Crippen LogP contribution in [-0.4, -0.2) is 16.2 Å². The molecule has 1 rings (SSSR count). The van der Waals surface area contributed by atoms with Crippen LogP contribution in [0.4, 0.5) is 0 Å². The fourth-order valence-electron chi connectivity index (χ4n) is 0.622. The highest BCUT2D eigenvalue weighted by Crippen LogP contribution is 2.18. The fourth-order valence-corrected chi connectivity index (χ4v) is 0.916. The Hall–Kier alpha value is -0.250. The van der Waals surface area contributed by atoms with Crippen LogP contribution < -0.4 is 0 Å². The van der Waals surface area contributed by atoms with Crippen LogP contribution in [0.25, 0.3) is 0 Å². The molecule has 0 fully saturated rings. The molecule has 0 radical (unpaired) electrons. The molecule has 1 heterocycles. The molecule has 0 aliphatic rings. The van der Waals surface area contributed by atoms with Gasteiger partial charge in [-0.2, -0.15) is 0 Å². The SMILES string of the molecule is CCOCn1cnc(Cl)c1Cl. The molecule has 62 valence electrons. The van der Waals surface area contributed by atoms with Crippen molar-refractivity contribution in [3.05, 3.63) is 16.6 Å². The van der Waals surface area contributed by atoms with E-state index in [0.717, 1.165) is 0 Å². The van der Waals surface area contributed by atoms with Gasteiger partial charge in [-0.25, -0.2) is 4.98 Å². The highest BCUT2D eigenvalue weighted by Gasteiger charge is 2.04. The van der Waals surface area contributed by atoms with E-state index in [1.807, 2.05) is 6.92 Å². The van der Waals surface area contributed by atoms with Crippen molar-refractivity contribution in [3.8, 4) is 0 Å². The summed E-state index contributed by atoms with van der Waals surface area (Å²) < 4.78 is 6.73. The van der Waals surface area contributed by atoms with Crippen molar-refractivity contribution in [2.45, 2.75) is 13.7 Å². The average molecular weight is 195 g/mol. The molecule has 0 aliphatic carbocycles. The van der Waals surface area contributed by atoms with Crippen LogP contribution in [0.5, 0.6) is 0 Å². The standard InChI is InChI=1S/C6H8Cl2N2O/c1-2-11-4-10-3-9-5(7)6(10)8/h3H,2,4H2,1H3. The third-order valence-corrected chi connectivity index (χ3v) is 1.94. The van der Waals surface area contributed by atoms with Crippen LogP contribution in [0.3, 0.4) is 0 Å². The van der Waals surface area contributed by atoms with Gasteiger partial charge in [0.1, 0.15) is 11.9 Å². The molecule has 1 aromatic rings. The first-order chi connectivity index (χ1) is 5.25. The monoisotopic (exact) mass is 194 g/mol. The molecule has 0 aromatic carbocycles. The van der Waals surface area contributed by atoms with Crippen LogP contribution in [0.2, 0.25) is 10.3 Å². The number of hydrogen-bond donors (Lipinski definition) is 0. The zero-order chi connectivity index (χ0) is 8.27. The molecular weight excluding hydrogens is 187 g/mol. The lowest BCUT2D eigenvalue weighted by molar-refractivity contribution is 0.0879. The number of hydrogen-bond acceptors (Lipinski definition) is 2. The summed E-state index contributed by atoms with van der Waals surface area (Å²) in [5.74, 6) is 0. The largest absolute Gasteiger partial charge is 0.361 e. The predicted octanol–water partition coefficient (Wildman–Crippen LogP) is 2.18. The van der Waals surface area contributed by atoms with Crippen molar-refractivity contribution in [2.75, 3.05) is 6.61 Å². The first kappa shape index (κ1) is 8.84. The number of rotatable bonds is 3. The maximum Gasteiger partial charge on any atom is 0.166 e. The third-order valence-electron chi connectivity index (χ3n) is 1.17. The number of ether oxygens (including phenoxy) is 1. The lowest BCUT2D eigenvalue weighted by Crippen LogP contribution is -2.00. The lowest BCUT2D eigenvalue weighted by Gasteiger charge is -2.01. The van der Waals surface area contributed by atoms with Crippen molar-refractivity contribution in [1.29, 1.82) is 0 Å². The summed E-state index contributed by atoms with van der Waals surface area (Å²) >= 11 is 11.3. The van der Waals surface area contributed by atoms with E-state index in [2.05, 4.69) is 4.98 Å². The number of halogens is 2. The van der Waals surface area contributed by atoms with Gasteiger partial charge in [0.15, 0.2) is 5.15 Å². The first-order valence-corrected chi connectivity index (χ1v) is 3.95. The summed E-state index contributed by atoms with van der Waals surface area (Å²) in [7, 11) is 0. The quantitative estimate of drug-likeness (QED) is 0.738. The third kappa shape index (κ3) is 2.09. The minimum atomic E-state index is 0.311. The topological polar surface area (TPSA) is 27.1 Å². The number of nitrogens with zero attached hydrogens (tertiary/aromatic N) is 2. The van der Waals surface area contributed by atoms with Crippen molar-refractivity contribution >= 4 is 23.2 Å². The first-order valence-electron chi connectivity index (χ1n) is 3.19. The summed E-state index contributed by atoms with van der Waals surface area (Å²) in [6, 6.07) is 0. The lowest BCUT2D eigenvalue weighted by atomic mass is 10.8. The smallest absolute Gasteiger partial charge is 0.166 e. The summed E-state index contributed by atoms with van der Waals surface area (Å²) in [6.07, 6.45) is 1.54. The summed E-state index contributed by atoms with van der Waals surface area (Å²) in [6.45, 7) is 2.95. The maximum atomic E-state index is 5.73. The molecule has 0 bridgehead atoms. The zero-order valence-corrected chi connectivity index (χ0v) is 7.56. The Bertz CT molecular complexity index is 236. The fraction of sp³-hybridized carbons (Fsp3) is 0.500. The summed E-state index contributed by atoms with van der Waals surface area (Å²) in [5.41, 5.74) is 0. The van der Waals surface area contributed by atoms with E-state index in [4.69, 9.17) is 27.9 Å². The molecule has 5 heteroatoms. The number of imidazole rings is 1. The van der Waals surface area contributed by atoms with Gasteiger partial charge in [0.2, 0.25) is 0 Å². The van der Waals surface area contributed by atoms with Gasteiger partial charge in [0.05, 0.1) is 6.33 Å². The maximum absolute atomic E-state index is 5.73. The van der Waals surface area contributed by atoms with Crippen molar-refractivity contribution in [2.24, 2.45) is 0 Å². The highest BCUT2D eigenvalue weighted by atomic mass is 35.5. The highest BCUT2D eigenvalue weighted by molar-refractivity contribution is 6.40. The minimum Gasteiger partial charge on any atom is -0.361 e. The molecule has 0 spiro atoms. The van der Waals surface area contributed by atoms with Gasteiger partial charge in [-0.1, -0.05) is 23.2 Å². The molecule has 1 aromatic heterocycles. The average Bonchev–Trinajstić information content (AvgIpc) is 2.31. The second kappa shape index (κ2) is 3.95. The Kier molecular flexibility index (Phi) is 3.17. The molecule has 11 heavy (non-hydrogen) atoms. The predicted molar refractivity (Wildman–Crippen MR) is 43.9 cm³/mol. The normalized spacial score (nSPS) is 10.5. The Morgan fingerprint density at radius 1 is 1.64 bits per heavy atom. The Labute approximate surface area is 74.9 Å². The van der Waals surface area contributed by atoms with Crippen LogP contribution in [0.15, 0.2) is 6.33 Å². The molecule has 0 unspecified atom stereocenters. The van der Waals surface area contributed by atoms with E-state index in [9.17, 15) is 0 Å². The van der Waals surface area contributed by atoms with Gasteiger partial charge in [-0.3, -0.25) is 4.57 Å². The van der Waals surface area contributed by atoms with Crippen molar-refractivity contribution < 1.29 is 4.74 Å². The number of aromatic nitrogens is 2.